The van der Waals surface area contributed by atoms with Gasteiger partial charge in [0.1, 0.15) is 0 Å². The van der Waals surface area contributed by atoms with Gasteiger partial charge in [0.15, 0.2) is 0 Å². The predicted octanol–water partition coefficient (Wildman–Crippen LogP) is 0.0870. The van der Waals surface area contributed by atoms with Gasteiger partial charge in [-0.25, -0.2) is 0 Å². The van der Waals surface area contributed by atoms with Crippen molar-refractivity contribution in [2.24, 2.45) is 0 Å². The molecule has 0 rings (SSSR count). The molecule has 0 radical (unpaired) electrons. The monoisotopic (exact) mass is 162 g/mol. The van der Waals surface area contributed by atoms with E-state index in [1.165, 1.54) is 0 Å². The van der Waals surface area contributed by atoms with Crippen molar-refractivity contribution in [3.63, 3.8) is 0 Å². The first-order valence-electron chi connectivity index (χ1n) is 1.95. The summed E-state index contributed by atoms with van der Waals surface area (Å²) in [6.07, 6.45) is 0. The number of carboxylic acids is 1. The summed E-state index contributed by atoms with van der Waals surface area (Å²) in [6, 6.07) is 0. The van der Waals surface area contributed by atoms with Crippen molar-refractivity contribution in [2.45, 2.75) is 13.8 Å². The zero-order valence-corrected chi connectivity index (χ0v) is 5.97. The Bertz CT molecular complexity index is 42.5. The van der Waals surface area contributed by atoms with E-state index >= 15 is 0 Å². The molecule has 0 amide bonds. The number of hydrogen-bond acceptors (Lipinski definition) is 2. The van der Waals surface area contributed by atoms with Crippen molar-refractivity contribution in [1.29, 1.82) is 0 Å². The van der Waals surface area contributed by atoms with Crippen LogP contribution >= 0.6 is 0 Å². The quantitative estimate of drug-likeness (QED) is 0.496. The number of carboxylic acid groups (broad SMARTS) is 1. The SMILES string of the molecule is CC(=O)O.CCO.[Fe]. The van der Waals surface area contributed by atoms with Gasteiger partial charge >= 0.3 is 0 Å². The molecule has 8 heavy (non-hydrogen) atoms. The van der Waals surface area contributed by atoms with Crippen molar-refractivity contribution in [2.75, 3.05) is 6.61 Å². The van der Waals surface area contributed by atoms with Gasteiger partial charge in [0.2, 0.25) is 0 Å². The van der Waals surface area contributed by atoms with Gasteiger partial charge in [0, 0.05) is 30.6 Å². The van der Waals surface area contributed by atoms with E-state index in [0.717, 1.165) is 6.92 Å². The number of rotatable bonds is 0. The fourth-order valence-electron chi connectivity index (χ4n) is 0. The van der Waals surface area contributed by atoms with Gasteiger partial charge in [-0.05, 0) is 6.92 Å². The summed E-state index contributed by atoms with van der Waals surface area (Å²) in [4.78, 5) is 9.00. The molecule has 0 aromatic heterocycles. The number of aliphatic hydroxyl groups is 1. The van der Waals surface area contributed by atoms with Gasteiger partial charge in [-0.3, -0.25) is 4.79 Å². The number of carbonyl (C=O) groups is 1. The maximum absolute atomic E-state index is 9.00. The standard InChI is InChI=1S/C2H4O2.C2H6O.Fe/c1-2(3)4;1-2-3;/h1H3,(H,3,4);3H,2H2,1H3;. The van der Waals surface area contributed by atoms with E-state index in [9.17, 15) is 0 Å². The average molecular weight is 162 g/mol. The summed E-state index contributed by atoms with van der Waals surface area (Å²) in [5.41, 5.74) is 0. The Balaban J connectivity index is -0.0000000575. The molecule has 0 aromatic rings. The third-order valence-corrected chi connectivity index (χ3v) is 0. The van der Waals surface area contributed by atoms with Crippen molar-refractivity contribution in [1.82, 2.24) is 0 Å². The predicted molar refractivity (Wildman–Crippen MR) is 26.1 cm³/mol. The molecule has 2 N–H and O–H groups in total. The molecule has 0 heterocycles. The summed E-state index contributed by atoms with van der Waals surface area (Å²) < 4.78 is 0. The molecule has 52 valence electrons. The van der Waals surface area contributed by atoms with Gasteiger partial charge in [0.05, 0.1) is 0 Å². The van der Waals surface area contributed by atoms with Gasteiger partial charge in [-0.1, -0.05) is 0 Å². The van der Waals surface area contributed by atoms with Crippen molar-refractivity contribution in [3.05, 3.63) is 0 Å². The smallest absolute Gasteiger partial charge is 0.300 e. The Morgan fingerprint density at radius 2 is 1.62 bits per heavy atom. The summed E-state index contributed by atoms with van der Waals surface area (Å²) in [5.74, 6) is -0.833. The topological polar surface area (TPSA) is 57.5 Å². The van der Waals surface area contributed by atoms with Crippen molar-refractivity contribution < 1.29 is 32.1 Å². The fraction of sp³-hybridized carbons (Fsp3) is 0.750. The van der Waals surface area contributed by atoms with Crippen LogP contribution in [0.1, 0.15) is 13.8 Å². The minimum absolute atomic E-state index is 0. The van der Waals surface area contributed by atoms with E-state index in [-0.39, 0.29) is 23.7 Å². The summed E-state index contributed by atoms with van der Waals surface area (Å²) in [7, 11) is 0. The molecule has 0 unspecified atom stereocenters. The summed E-state index contributed by atoms with van der Waals surface area (Å²) in [5, 5.41) is 15.0. The van der Waals surface area contributed by atoms with Crippen LogP contribution in [0.25, 0.3) is 0 Å². The molecule has 0 fully saturated rings. The molecule has 3 nitrogen and oxygen atoms in total. The molecule has 0 atom stereocenters. The Morgan fingerprint density at radius 3 is 1.62 bits per heavy atom. The summed E-state index contributed by atoms with van der Waals surface area (Å²) in [6.45, 7) is 3.01. The van der Waals surface area contributed by atoms with Gasteiger partial charge in [0.25, 0.3) is 5.97 Å². The Morgan fingerprint density at radius 1 is 1.62 bits per heavy atom. The first-order valence-corrected chi connectivity index (χ1v) is 1.95. The zero-order valence-electron chi connectivity index (χ0n) is 4.86. The second-order valence-electron chi connectivity index (χ2n) is 0.835. The van der Waals surface area contributed by atoms with Gasteiger partial charge in [-0.15, -0.1) is 0 Å². The molecular weight excluding hydrogens is 152 g/mol. The zero-order chi connectivity index (χ0) is 6.28. The van der Waals surface area contributed by atoms with Crippen LogP contribution in [0.5, 0.6) is 0 Å². The van der Waals surface area contributed by atoms with Crippen LogP contribution in [0.2, 0.25) is 0 Å². The minimum Gasteiger partial charge on any atom is -0.481 e. The second kappa shape index (κ2) is 15.8. The van der Waals surface area contributed by atoms with E-state index in [0.29, 0.717) is 0 Å². The van der Waals surface area contributed by atoms with E-state index in [1.54, 1.807) is 6.92 Å². The van der Waals surface area contributed by atoms with Crippen LogP contribution < -0.4 is 0 Å². The first-order chi connectivity index (χ1) is 3.15. The van der Waals surface area contributed by atoms with Crippen LogP contribution in [-0.4, -0.2) is 22.8 Å². The minimum atomic E-state index is -0.833. The third kappa shape index (κ3) is 57100. The molecule has 0 bridgehead atoms. The molecule has 0 aromatic carbocycles. The van der Waals surface area contributed by atoms with Crippen LogP contribution in [0.3, 0.4) is 0 Å². The molecule has 0 aliphatic rings. The molecule has 0 aliphatic heterocycles. The molecule has 0 saturated carbocycles. The van der Waals surface area contributed by atoms with Crippen LogP contribution in [0.4, 0.5) is 0 Å². The van der Waals surface area contributed by atoms with Gasteiger partial charge < -0.3 is 10.2 Å². The summed E-state index contributed by atoms with van der Waals surface area (Å²) >= 11 is 0. The number of aliphatic carboxylic acids is 1. The molecular formula is C4H10FeO3. The first kappa shape index (κ1) is 15.7. The average Bonchev–Trinajstić information content (AvgIpc) is 1.33. The number of hydrogen-bond donors (Lipinski definition) is 2. The number of aliphatic hydroxyl groups excluding tert-OH is 1. The normalized spacial score (nSPS) is 5.38. The maximum atomic E-state index is 9.00. The van der Waals surface area contributed by atoms with Crippen molar-refractivity contribution in [3.8, 4) is 0 Å². The van der Waals surface area contributed by atoms with E-state index in [4.69, 9.17) is 15.0 Å². The second-order valence-corrected chi connectivity index (χ2v) is 0.835. The van der Waals surface area contributed by atoms with E-state index < -0.39 is 5.97 Å². The van der Waals surface area contributed by atoms with Crippen LogP contribution in [-0.2, 0) is 21.9 Å². The Hall–Kier alpha value is -0.0505. The van der Waals surface area contributed by atoms with E-state index in [1.807, 2.05) is 0 Å². The van der Waals surface area contributed by atoms with Gasteiger partial charge in [-0.2, -0.15) is 0 Å². The molecule has 0 spiro atoms. The Kier molecular flexibility index (Phi) is 30.9. The van der Waals surface area contributed by atoms with Crippen LogP contribution in [0, 0.1) is 0 Å². The Labute approximate surface area is 59.2 Å². The fourth-order valence-corrected chi connectivity index (χ4v) is 0. The van der Waals surface area contributed by atoms with Crippen molar-refractivity contribution >= 4 is 5.97 Å². The maximum Gasteiger partial charge on any atom is 0.300 e. The largest absolute Gasteiger partial charge is 0.481 e. The molecule has 0 aliphatic carbocycles. The third-order valence-electron chi connectivity index (χ3n) is 0. The van der Waals surface area contributed by atoms with E-state index in [2.05, 4.69) is 0 Å². The molecule has 4 heteroatoms. The molecule has 0 saturated heterocycles. The van der Waals surface area contributed by atoms with Crippen LogP contribution in [0.15, 0.2) is 0 Å².